The number of benzene rings is 2. The van der Waals surface area contributed by atoms with Gasteiger partial charge in [-0.2, -0.15) is 0 Å². The standard InChI is InChI=1S/C16H13FO/c1-12-2-4-13(5-3-12)6-11-16(18)14-7-9-15(17)10-8-14/h2-11H,1H3. The van der Waals surface area contributed by atoms with E-state index in [0.717, 1.165) is 5.56 Å². The molecule has 90 valence electrons. The quantitative estimate of drug-likeness (QED) is 0.584. The number of rotatable bonds is 3. The molecule has 0 aliphatic heterocycles. The molecule has 0 saturated carbocycles. The average Bonchev–Trinajstić information content (AvgIpc) is 2.38. The number of hydrogen-bond acceptors (Lipinski definition) is 1. The Bertz CT molecular complexity index is 565. The van der Waals surface area contributed by atoms with Crippen LogP contribution < -0.4 is 0 Å². The first kappa shape index (κ1) is 12.2. The van der Waals surface area contributed by atoms with Gasteiger partial charge >= 0.3 is 0 Å². The van der Waals surface area contributed by atoms with Crippen molar-refractivity contribution < 1.29 is 9.18 Å². The third-order valence-electron chi connectivity index (χ3n) is 2.63. The summed E-state index contributed by atoms with van der Waals surface area (Å²) < 4.78 is 12.7. The van der Waals surface area contributed by atoms with Gasteiger partial charge in [0.15, 0.2) is 5.78 Å². The summed E-state index contributed by atoms with van der Waals surface area (Å²) in [7, 11) is 0. The smallest absolute Gasteiger partial charge is 0.185 e. The molecule has 0 atom stereocenters. The van der Waals surface area contributed by atoms with Crippen molar-refractivity contribution in [3.63, 3.8) is 0 Å². The van der Waals surface area contributed by atoms with Gasteiger partial charge < -0.3 is 0 Å². The molecular formula is C16H13FO. The molecule has 0 unspecified atom stereocenters. The number of carbonyl (C=O) groups excluding carboxylic acids is 1. The van der Waals surface area contributed by atoms with Crippen molar-refractivity contribution in [2.45, 2.75) is 6.92 Å². The summed E-state index contributed by atoms with van der Waals surface area (Å²) in [5.74, 6) is -0.468. The van der Waals surface area contributed by atoms with E-state index >= 15 is 0 Å². The number of aryl methyl sites for hydroxylation is 1. The first-order valence-corrected chi connectivity index (χ1v) is 5.70. The number of ketones is 1. The van der Waals surface area contributed by atoms with Gasteiger partial charge in [0, 0.05) is 5.56 Å². The van der Waals surface area contributed by atoms with Crippen molar-refractivity contribution in [2.75, 3.05) is 0 Å². The van der Waals surface area contributed by atoms with Gasteiger partial charge in [0.2, 0.25) is 0 Å². The Hall–Kier alpha value is -2.22. The Morgan fingerprint density at radius 3 is 2.22 bits per heavy atom. The molecular weight excluding hydrogens is 227 g/mol. The lowest BCUT2D eigenvalue weighted by Gasteiger charge is -1.96. The largest absolute Gasteiger partial charge is 0.289 e. The second-order valence-electron chi connectivity index (χ2n) is 4.12. The normalized spacial score (nSPS) is 10.8. The number of carbonyl (C=O) groups is 1. The van der Waals surface area contributed by atoms with E-state index in [1.807, 2.05) is 31.2 Å². The second kappa shape index (κ2) is 5.41. The topological polar surface area (TPSA) is 17.1 Å². The van der Waals surface area contributed by atoms with Gasteiger partial charge in [-0.1, -0.05) is 35.9 Å². The van der Waals surface area contributed by atoms with Gasteiger partial charge in [0.05, 0.1) is 0 Å². The molecule has 2 aromatic carbocycles. The molecule has 0 amide bonds. The zero-order valence-electron chi connectivity index (χ0n) is 10.1. The SMILES string of the molecule is Cc1ccc(C=CC(=O)c2ccc(F)cc2)cc1. The monoisotopic (exact) mass is 240 g/mol. The molecule has 0 heterocycles. The third-order valence-corrected chi connectivity index (χ3v) is 2.63. The highest BCUT2D eigenvalue weighted by Gasteiger charge is 2.01. The van der Waals surface area contributed by atoms with Crippen LogP contribution >= 0.6 is 0 Å². The van der Waals surface area contributed by atoms with Crippen LogP contribution in [0, 0.1) is 12.7 Å². The van der Waals surface area contributed by atoms with Crippen LogP contribution in [-0.4, -0.2) is 5.78 Å². The molecule has 0 radical (unpaired) electrons. The molecule has 0 fully saturated rings. The van der Waals surface area contributed by atoms with Crippen LogP contribution in [-0.2, 0) is 0 Å². The fraction of sp³-hybridized carbons (Fsp3) is 0.0625. The minimum atomic E-state index is -0.339. The lowest BCUT2D eigenvalue weighted by atomic mass is 10.1. The zero-order chi connectivity index (χ0) is 13.0. The molecule has 2 rings (SSSR count). The van der Waals surface area contributed by atoms with Crippen molar-refractivity contribution >= 4 is 11.9 Å². The highest BCUT2D eigenvalue weighted by atomic mass is 19.1. The van der Waals surface area contributed by atoms with Crippen molar-refractivity contribution in [3.8, 4) is 0 Å². The predicted molar refractivity (Wildman–Crippen MR) is 70.9 cm³/mol. The Morgan fingerprint density at radius 2 is 1.61 bits per heavy atom. The summed E-state index contributed by atoms with van der Waals surface area (Å²) >= 11 is 0. The van der Waals surface area contributed by atoms with Gasteiger partial charge in [-0.05, 0) is 42.8 Å². The van der Waals surface area contributed by atoms with Gasteiger partial charge in [0.25, 0.3) is 0 Å². The number of halogens is 1. The molecule has 0 saturated heterocycles. The lowest BCUT2D eigenvalue weighted by molar-refractivity contribution is 0.104. The molecule has 2 heteroatoms. The average molecular weight is 240 g/mol. The minimum absolute atomic E-state index is 0.129. The van der Waals surface area contributed by atoms with Gasteiger partial charge in [-0.3, -0.25) is 4.79 Å². The Morgan fingerprint density at radius 1 is 1.00 bits per heavy atom. The fourth-order valence-electron chi connectivity index (χ4n) is 1.56. The van der Waals surface area contributed by atoms with E-state index in [4.69, 9.17) is 0 Å². The number of allylic oxidation sites excluding steroid dienone is 1. The van der Waals surface area contributed by atoms with E-state index in [0.29, 0.717) is 5.56 Å². The van der Waals surface area contributed by atoms with E-state index in [9.17, 15) is 9.18 Å². The van der Waals surface area contributed by atoms with Crippen LogP contribution in [0.1, 0.15) is 21.5 Å². The van der Waals surface area contributed by atoms with Crippen LogP contribution in [0.4, 0.5) is 4.39 Å². The molecule has 1 nitrogen and oxygen atoms in total. The van der Waals surface area contributed by atoms with Crippen molar-refractivity contribution in [1.29, 1.82) is 0 Å². The van der Waals surface area contributed by atoms with Crippen molar-refractivity contribution in [2.24, 2.45) is 0 Å². The predicted octanol–water partition coefficient (Wildman–Crippen LogP) is 4.03. The van der Waals surface area contributed by atoms with Crippen LogP contribution in [0.15, 0.2) is 54.6 Å². The molecule has 0 bridgehead atoms. The van der Waals surface area contributed by atoms with Crippen LogP contribution in [0.2, 0.25) is 0 Å². The fourth-order valence-corrected chi connectivity index (χ4v) is 1.56. The molecule has 0 aromatic heterocycles. The highest BCUT2D eigenvalue weighted by Crippen LogP contribution is 2.08. The van der Waals surface area contributed by atoms with Crippen LogP contribution in [0.3, 0.4) is 0 Å². The van der Waals surface area contributed by atoms with Crippen LogP contribution in [0.25, 0.3) is 6.08 Å². The molecule has 18 heavy (non-hydrogen) atoms. The van der Waals surface area contributed by atoms with Crippen LogP contribution in [0.5, 0.6) is 0 Å². The van der Waals surface area contributed by atoms with E-state index < -0.39 is 0 Å². The molecule has 0 N–H and O–H groups in total. The summed E-state index contributed by atoms with van der Waals surface area (Å²) in [6.07, 6.45) is 3.25. The van der Waals surface area contributed by atoms with E-state index in [1.165, 1.54) is 35.9 Å². The Labute approximate surface area is 106 Å². The maximum Gasteiger partial charge on any atom is 0.185 e. The maximum absolute atomic E-state index is 12.7. The van der Waals surface area contributed by atoms with Crippen molar-refractivity contribution in [1.82, 2.24) is 0 Å². The van der Waals surface area contributed by atoms with Gasteiger partial charge in [0.1, 0.15) is 5.82 Å². The van der Waals surface area contributed by atoms with Crippen molar-refractivity contribution in [3.05, 3.63) is 77.1 Å². The molecule has 0 aliphatic rings. The lowest BCUT2D eigenvalue weighted by Crippen LogP contribution is -1.93. The summed E-state index contributed by atoms with van der Waals surface area (Å²) in [6, 6.07) is 13.4. The minimum Gasteiger partial charge on any atom is -0.289 e. The second-order valence-corrected chi connectivity index (χ2v) is 4.12. The van der Waals surface area contributed by atoms with Gasteiger partial charge in [-0.15, -0.1) is 0 Å². The zero-order valence-corrected chi connectivity index (χ0v) is 10.1. The van der Waals surface area contributed by atoms with E-state index in [1.54, 1.807) is 6.08 Å². The van der Waals surface area contributed by atoms with Gasteiger partial charge in [-0.25, -0.2) is 4.39 Å². The molecule has 0 aliphatic carbocycles. The molecule has 0 spiro atoms. The first-order chi connectivity index (χ1) is 8.65. The Balaban J connectivity index is 2.11. The first-order valence-electron chi connectivity index (χ1n) is 5.70. The third kappa shape index (κ3) is 3.14. The van der Waals surface area contributed by atoms with E-state index in [2.05, 4.69) is 0 Å². The summed E-state index contributed by atoms with van der Waals surface area (Å²) in [5, 5.41) is 0. The summed E-state index contributed by atoms with van der Waals surface area (Å²) in [4.78, 5) is 11.8. The molecule has 2 aromatic rings. The maximum atomic E-state index is 12.7. The summed E-state index contributed by atoms with van der Waals surface area (Å²) in [5.41, 5.74) is 2.63. The summed E-state index contributed by atoms with van der Waals surface area (Å²) in [6.45, 7) is 2.01. The van der Waals surface area contributed by atoms with E-state index in [-0.39, 0.29) is 11.6 Å². The number of hydrogen-bond donors (Lipinski definition) is 0. The Kier molecular flexibility index (Phi) is 3.68. The highest BCUT2D eigenvalue weighted by molar-refractivity contribution is 6.06.